The molecule has 2 nitrogen and oxygen atoms in total. The van der Waals surface area contributed by atoms with Crippen LogP contribution in [0.4, 0.5) is 17.1 Å². The van der Waals surface area contributed by atoms with Crippen molar-refractivity contribution in [1.29, 1.82) is 0 Å². The summed E-state index contributed by atoms with van der Waals surface area (Å²) in [6, 6.07) is 85.9. The molecule has 11 aromatic rings. The summed E-state index contributed by atoms with van der Waals surface area (Å²) in [5, 5.41) is 4.60. The van der Waals surface area contributed by atoms with E-state index in [9.17, 15) is 0 Å². The van der Waals surface area contributed by atoms with Gasteiger partial charge in [-0.1, -0.05) is 194 Å². The highest BCUT2D eigenvalue weighted by Crippen LogP contribution is 2.59. The summed E-state index contributed by atoms with van der Waals surface area (Å²) < 4.78 is 6.76. The molecule has 2 heteroatoms. The second-order valence-electron chi connectivity index (χ2n) is 16.0. The zero-order valence-electron chi connectivity index (χ0n) is 33.4. The molecule has 0 amide bonds. The molecule has 1 aromatic heterocycles. The van der Waals surface area contributed by atoms with Crippen LogP contribution in [0.15, 0.2) is 241 Å². The predicted octanol–water partition coefficient (Wildman–Crippen LogP) is 15.9. The Morgan fingerprint density at radius 3 is 1.61 bits per heavy atom. The molecule has 0 unspecified atom stereocenters. The van der Waals surface area contributed by atoms with E-state index in [1.54, 1.807) is 0 Å². The van der Waals surface area contributed by atoms with Crippen LogP contribution in [0.25, 0.3) is 66.1 Å². The van der Waals surface area contributed by atoms with Gasteiger partial charge in [0.2, 0.25) is 0 Å². The molecule has 61 heavy (non-hydrogen) atoms. The average molecular weight is 778 g/mol. The van der Waals surface area contributed by atoms with Crippen LogP contribution in [-0.2, 0) is 5.41 Å². The number of anilines is 3. The SMILES string of the molecule is c1ccc(-c2ccc(N(c3ccc4oc5cc(-c6ccccc6)c6ccccc6c5c4c3)c3cccc4c3-c3ccccc3C4(c3ccccc3)c3ccccc3)cc2)cc1. The van der Waals surface area contributed by atoms with Gasteiger partial charge in [0.05, 0.1) is 11.1 Å². The number of furan rings is 1. The van der Waals surface area contributed by atoms with E-state index in [0.29, 0.717) is 0 Å². The van der Waals surface area contributed by atoms with Gasteiger partial charge in [-0.2, -0.15) is 0 Å². The summed E-state index contributed by atoms with van der Waals surface area (Å²) >= 11 is 0. The fourth-order valence-corrected chi connectivity index (χ4v) is 10.1. The third-order valence-electron chi connectivity index (χ3n) is 12.7. The maximum atomic E-state index is 6.76. The molecule has 1 aliphatic rings. The summed E-state index contributed by atoms with van der Waals surface area (Å²) in [5.74, 6) is 0. The van der Waals surface area contributed by atoms with E-state index >= 15 is 0 Å². The third-order valence-corrected chi connectivity index (χ3v) is 12.7. The molecule has 0 aliphatic heterocycles. The molecule has 286 valence electrons. The number of benzene rings is 10. The standard InChI is InChI=1S/C59H39NO/c1-5-18-40(19-6-1)41-32-34-45(35-33-41)60(46-36-37-55-51(38-46)57-48-27-14-13-26-47(48)50(39-56(57)61-55)42-20-7-2-8-21-42)54-31-17-30-53-58(54)49-28-15-16-29-52(49)59(53,43-22-9-3-10-23-43)44-24-11-4-12-25-44/h1-39H. The molecule has 0 spiro atoms. The van der Waals surface area contributed by atoms with Crippen LogP contribution >= 0.6 is 0 Å². The maximum absolute atomic E-state index is 6.76. The van der Waals surface area contributed by atoms with Crippen LogP contribution in [-0.4, -0.2) is 0 Å². The highest BCUT2D eigenvalue weighted by molar-refractivity contribution is 6.22. The lowest BCUT2D eigenvalue weighted by Gasteiger charge is -2.34. The van der Waals surface area contributed by atoms with Crippen LogP contribution in [0.1, 0.15) is 22.3 Å². The van der Waals surface area contributed by atoms with Gasteiger partial charge < -0.3 is 9.32 Å². The lowest BCUT2D eigenvalue weighted by Crippen LogP contribution is -2.28. The van der Waals surface area contributed by atoms with Gasteiger partial charge in [0.25, 0.3) is 0 Å². The van der Waals surface area contributed by atoms with E-state index in [0.717, 1.165) is 39.0 Å². The molecule has 0 saturated heterocycles. The number of fused-ring (bicyclic) bond motifs is 8. The molecule has 0 bridgehead atoms. The molecule has 1 heterocycles. The van der Waals surface area contributed by atoms with Crippen molar-refractivity contribution in [2.45, 2.75) is 5.41 Å². The Labute approximate surface area is 355 Å². The van der Waals surface area contributed by atoms with Crippen molar-refractivity contribution < 1.29 is 4.42 Å². The van der Waals surface area contributed by atoms with Crippen molar-refractivity contribution in [3.63, 3.8) is 0 Å². The molecule has 0 radical (unpaired) electrons. The lowest BCUT2D eigenvalue weighted by atomic mass is 9.68. The quantitative estimate of drug-likeness (QED) is 0.160. The van der Waals surface area contributed by atoms with Gasteiger partial charge in [-0.15, -0.1) is 0 Å². The number of nitrogens with zero attached hydrogens (tertiary/aromatic N) is 1. The molecule has 0 atom stereocenters. The zero-order chi connectivity index (χ0) is 40.3. The van der Waals surface area contributed by atoms with E-state index < -0.39 is 5.41 Å². The van der Waals surface area contributed by atoms with E-state index in [-0.39, 0.29) is 0 Å². The van der Waals surface area contributed by atoms with Gasteiger partial charge >= 0.3 is 0 Å². The summed E-state index contributed by atoms with van der Waals surface area (Å²) in [7, 11) is 0. The molecular formula is C59H39NO. The Bertz CT molecular complexity index is 3350. The second kappa shape index (κ2) is 14.1. The van der Waals surface area contributed by atoms with Gasteiger partial charge in [0, 0.05) is 27.7 Å². The van der Waals surface area contributed by atoms with Gasteiger partial charge in [0.15, 0.2) is 0 Å². The first-order chi connectivity index (χ1) is 30.3. The Hall–Kier alpha value is -7.94. The highest BCUT2D eigenvalue weighted by Gasteiger charge is 2.47. The summed E-state index contributed by atoms with van der Waals surface area (Å²) in [5.41, 5.74) is 16.7. The Balaban J connectivity index is 1.13. The normalized spacial score (nSPS) is 12.7. The van der Waals surface area contributed by atoms with Gasteiger partial charge in [-0.25, -0.2) is 0 Å². The maximum Gasteiger partial charge on any atom is 0.136 e. The Morgan fingerprint density at radius 2 is 0.902 bits per heavy atom. The summed E-state index contributed by atoms with van der Waals surface area (Å²) in [6.45, 7) is 0. The zero-order valence-corrected chi connectivity index (χ0v) is 33.4. The van der Waals surface area contributed by atoms with Crippen molar-refractivity contribution in [3.8, 4) is 33.4 Å². The number of hydrogen-bond donors (Lipinski definition) is 0. The molecule has 10 aromatic carbocycles. The summed E-state index contributed by atoms with van der Waals surface area (Å²) in [4.78, 5) is 2.45. The topological polar surface area (TPSA) is 16.4 Å². The first-order valence-corrected chi connectivity index (χ1v) is 21.0. The second-order valence-corrected chi connectivity index (χ2v) is 16.0. The fourth-order valence-electron chi connectivity index (χ4n) is 10.1. The monoisotopic (exact) mass is 777 g/mol. The third kappa shape index (κ3) is 5.43. The minimum Gasteiger partial charge on any atom is -0.456 e. The molecular weight excluding hydrogens is 739 g/mol. The molecule has 0 fully saturated rings. The number of hydrogen-bond acceptors (Lipinski definition) is 2. The molecule has 12 rings (SSSR count). The van der Waals surface area contributed by atoms with Crippen LogP contribution in [0, 0.1) is 0 Å². The van der Waals surface area contributed by atoms with Crippen molar-refractivity contribution >= 4 is 49.8 Å². The van der Waals surface area contributed by atoms with Crippen LogP contribution in [0.5, 0.6) is 0 Å². The van der Waals surface area contributed by atoms with Gasteiger partial charge in [0.1, 0.15) is 11.2 Å². The minimum atomic E-state index is -0.520. The number of rotatable bonds is 7. The Morgan fingerprint density at radius 1 is 0.344 bits per heavy atom. The highest BCUT2D eigenvalue weighted by atomic mass is 16.3. The Kier molecular flexibility index (Phi) is 8.11. The van der Waals surface area contributed by atoms with Crippen molar-refractivity contribution in [2.24, 2.45) is 0 Å². The van der Waals surface area contributed by atoms with E-state index in [1.807, 2.05) is 0 Å². The molecule has 1 aliphatic carbocycles. The largest absolute Gasteiger partial charge is 0.456 e. The van der Waals surface area contributed by atoms with E-state index in [4.69, 9.17) is 4.42 Å². The first-order valence-electron chi connectivity index (χ1n) is 21.0. The van der Waals surface area contributed by atoms with Crippen molar-refractivity contribution in [3.05, 3.63) is 259 Å². The fraction of sp³-hybridized carbons (Fsp3) is 0.0169. The summed E-state index contributed by atoms with van der Waals surface area (Å²) in [6.07, 6.45) is 0. The van der Waals surface area contributed by atoms with Gasteiger partial charge in [-0.05, 0) is 103 Å². The van der Waals surface area contributed by atoms with Crippen LogP contribution in [0.3, 0.4) is 0 Å². The lowest BCUT2D eigenvalue weighted by molar-refractivity contribution is 0.669. The van der Waals surface area contributed by atoms with E-state index in [1.165, 1.54) is 66.4 Å². The van der Waals surface area contributed by atoms with Gasteiger partial charge in [-0.3, -0.25) is 0 Å². The first kappa shape index (κ1) is 35.0. The smallest absolute Gasteiger partial charge is 0.136 e. The van der Waals surface area contributed by atoms with Crippen molar-refractivity contribution in [2.75, 3.05) is 4.90 Å². The molecule has 0 saturated carbocycles. The minimum absolute atomic E-state index is 0.520. The van der Waals surface area contributed by atoms with Crippen molar-refractivity contribution in [1.82, 2.24) is 0 Å². The van der Waals surface area contributed by atoms with E-state index in [2.05, 4.69) is 241 Å². The van der Waals surface area contributed by atoms with Crippen LogP contribution in [0.2, 0.25) is 0 Å². The predicted molar refractivity (Wildman–Crippen MR) is 254 cm³/mol. The average Bonchev–Trinajstić information content (AvgIpc) is 3.87. The molecule has 0 N–H and O–H groups in total. The van der Waals surface area contributed by atoms with Crippen LogP contribution < -0.4 is 4.90 Å².